The molecule has 1 aromatic carbocycles. The molecule has 1 fully saturated rings. The molecule has 1 aliphatic carbocycles. The first kappa shape index (κ1) is 12.1. The highest BCUT2D eigenvalue weighted by Gasteiger charge is 2.41. The number of nitrogens with zero attached hydrogens (tertiary/aromatic N) is 1. The van der Waals surface area contributed by atoms with Crippen LogP contribution in [0.25, 0.3) is 0 Å². The molecule has 0 aromatic heterocycles. The molecule has 0 bridgehead atoms. The quantitative estimate of drug-likeness (QED) is 0.719. The van der Waals surface area contributed by atoms with Crippen molar-refractivity contribution in [2.75, 3.05) is 0 Å². The van der Waals surface area contributed by atoms with Crippen molar-refractivity contribution in [2.24, 2.45) is 0 Å². The van der Waals surface area contributed by atoms with Gasteiger partial charge in [-0.1, -0.05) is 12.5 Å². The second kappa shape index (κ2) is 4.46. The monoisotopic (exact) mass is 251 g/mol. The number of hydrogen-bond donors (Lipinski definition) is 0. The van der Waals surface area contributed by atoms with Gasteiger partial charge < -0.3 is 0 Å². The SMILES string of the molecule is N#Cc1ccc(C2(Cl)CCCCC2=O)c(F)c1. The fourth-order valence-corrected chi connectivity index (χ4v) is 2.56. The molecule has 1 aromatic rings. The summed E-state index contributed by atoms with van der Waals surface area (Å²) >= 11 is 6.28. The van der Waals surface area contributed by atoms with Gasteiger partial charge in [0.1, 0.15) is 10.7 Å². The van der Waals surface area contributed by atoms with Crippen LogP contribution >= 0.6 is 11.6 Å². The van der Waals surface area contributed by atoms with Gasteiger partial charge >= 0.3 is 0 Å². The predicted octanol–water partition coefficient (Wildman–Crippen LogP) is 3.27. The lowest BCUT2D eigenvalue weighted by Gasteiger charge is -2.30. The van der Waals surface area contributed by atoms with Crippen LogP contribution in [0, 0.1) is 17.1 Å². The highest BCUT2D eigenvalue weighted by molar-refractivity contribution is 6.35. The van der Waals surface area contributed by atoms with E-state index in [1.807, 2.05) is 6.07 Å². The molecule has 2 rings (SSSR count). The van der Waals surface area contributed by atoms with E-state index in [2.05, 4.69) is 0 Å². The molecule has 1 atom stereocenters. The van der Waals surface area contributed by atoms with Crippen LogP contribution in [0.3, 0.4) is 0 Å². The maximum atomic E-state index is 13.9. The largest absolute Gasteiger partial charge is 0.297 e. The van der Waals surface area contributed by atoms with Gasteiger partial charge in [0.05, 0.1) is 11.6 Å². The van der Waals surface area contributed by atoms with E-state index in [0.29, 0.717) is 12.8 Å². The third-order valence-corrected chi connectivity index (χ3v) is 3.75. The van der Waals surface area contributed by atoms with Crippen molar-refractivity contribution >= 4 is 17.4 Å². The van der Waals surface area contributed by atoms with E-state index in [-0.39, 0.29) is 16.9 Å². The van der Waals surface area contributed by atoms with Crippen LogP contribution in [0.15, 0.2) is 18.2 Å². The summed E-state index contributed by atoms with van der Waals surface area (Å²) in [6.07, 6.45) is 2.47. The Hall–Kier alpha value is -1.40. The topological polar surface area (TPSA) is 40.9 Å². The van der Waals surface area contributed by atoms with Crippen LogP contribution in [-0.2, 0) is 9.67 Å². The second-order valence-electron chi connectivity index (χ2n) is 4.24. The lowest BCUT2D eigenvalue weighted by Crippen LogP contribution is -2.33. The van der Waals surface area contributed by atoms with Crippen molar-refractivity contribution in [1.29, 1.82) is 5.26 Å². The van der Waals surface area contributed by atoms with E-state index >= 15 is 0 Å². The number of Topliss-reactive ketones (excluding diaryl/α,β-unsaturated/α-hetero) is 1. The van der Waals surface area contributed by atoms with Crippen molar-refractivity contribution in [3.63, 3.8) is 0 Å². The third kappa shape index (κ3) is 2.05. The first-order valence-corrected chi connectivity index (χ1v) is 5.88. The summed E-state index contributed by atoms with van der Waals surface area (Å²) in [6, 6.07) is 5.92. The van der Waals surface area contributed by atoms with Gasteiger partial charge in [0.25, 0.3) is 0 Å². The molecule has 88 valence electrons. The van der Waals surface area contributed by atoms with Gasteiger partial charge in [0.2, 0.25) is 0 Å². The average molecular weight is 252 g/mol. The molecule has 0 radical (unpaired) electrons. The fourth-order valence-electron chi connectivity index (χ4n) is 2.18. The molecule has 1 aliphatic rings. The molecule has 0 heterocycles. The number of alkyl halides is 1. The van der Waals surface area contributed by atoms with Gasteiger partial charge in [0.15, 0.2) is 5.78 Å². The first-order valence-electron chi connectivity index (χ1n) is 5.50. The molecule has 2 nitrogen and oxygen atoms in total. The summed E-state index contributed by atoms with van der Waals surface area (Å²) in [5, 5.41) is 8.66. The zero-order valence-corrected chi connectivity index (χ0v) is 9.93. The molecule has 1 saturated carbocycles. The minimum absolute atomic E-state index is 0.131. The van der Waals surface area contributed by atoms with Crippen molar-refractivity contribution in [3.8, 4) is 6.07 Å². The fraction of sp³-hybridized carbons (Fsp3) is 0.385. The van der Waals surface area contributed by atoms with E-state index in [9.17, 15) is 9.18 Å². The Labute approximate surface area is 104 Å². The number of hydrogen-bond acceptors (Lipinski definition) is 2. The molecule has 1 unspecified atom stereocenters. The summed E-state index contributed by atoms with van der Waals surface area (Å²) in [5.74, 6) is -0.705. The Bertz CT molecular complexity index is 509. The number of carbonyl (C=O) groups is 1. The van der Waals surface area contributed by atoms with Crippen LogP contribution in [0.4, 0.5) is 4.39 Å². The van der Waals surface area contributed by atoms with Crippen LogP contribution < -0.4 is 0 Å². The van der Waals surface area contributed by atoms with Gasteiger partial charge in [-0.25, -0.2) is 4.39 Å². The molecule has 0 aliphatic heterocycles. The zero-order valence-electron chi connectivity index (χ0n) is 9.17. The molecule has 4 heteroatoms. The number of ketones is 1. The molecular formula is C13H11ClFNO. The Balaban J connectivity index is 2.46. The molecule has 0 spiro atoms. The lowest BCUT2D eigenvalue weighted by molar-refractivity contribution is -0.123. The van der Waals surface area contributed by atoms with Crippen molar-refractivity contribution in [1.82, 2.24) is 0 Å². The molecule has 0 amide bonds. The maximum absolute atomic E-state index is 13.9. The Kier molecular flexibility index (Phi) is 3.17. The summed E-state index contributed by atoms with van der Waals surface area (Å²) in [7, 11) is 0. The average Bonchev–Trinajstić information content (AvgIpc) is 2.32. The molecule has 0 saturated heterocycles. The van der Waals surface area contributed by atoms with E-state index in [1.54, 1.807) is 0 Å². The van der Waals surface area contributed by atoms with E-state index in [0.717, 1.165) is 18.9 Å². The van der Waals surface area contributed by atoms with E-state index in [1.165, 1.54) is 12.1 Å². The number of rotatable bonds is 1. The smallest absolute Gasteiger partial charge is 0.158 e. The van der Waals surface area contributed by atoms with Crippen molar-refractivity contribution < 1.29 is 9.18 Å². The summed E-state index contributed by atoms with van der Waals surface area (Å²) in [6.45, 7) is 0. The van der Waals surface area contributed by atoms with E-state index in [4.69, 9.17) is 16.9 Å². The van der Waals surface area contributed by atoms with E-state index < -0.39 is 10.7 Å². The number of nitriles is 1. The highest BCUT2D eigenvalue weighted by Crippen LogP contribution is 2.41. The van der Waals surface area contributed by atoms with Crippen LogP contribution in [0.2, 0.25) is 0 Å². The Morgan fingerprint density at radius 1 is 1.41 bits per heavy atom. The zero-order chi connectivity index (χ0) is 12.5. The molecular weight excluding hydrogens is 241 g/mol. The minimum atomic E-state index is -1.24. The van der Waals surface area contributed by atoms with Crippen molar-refractivity contribution in [2.45, 2.75) is 30.6 Å². The normalized spacial score (nSPS) is 24.4. The van der Waals surface area contributed by atoms with Crippen LogP contribution in [0.5, 0.6) is 0 Å². The molecule has 0 N–H and O–H groups in total. The molecule has 17 heavy (non-hydrogen) atoms. The highest BCUT2D eigenvalue weighted by atomic mass is 35.5. The van der Waals surface area contributed by atoms with Gasteiger partial charge in [-0.15, -0.1) is 11.6 Å². The van der Waals surface area contributed by atoms with Crippen LogP contribution in [0.1, 0.15) is 36.8 Å². The summed E-state index contributed by atoms with van der Waals surface area (Å²) in [4.78, 5) is 10.6. The lowest BCUT2D eigenvalue weighted by atomic mass is 9.81. The first-order chi connectivity index (χ1) is 8.08. The number of carbonyl (C=O) groups excluding carboxylic acids is 1. The minimum Gasteiger partial charge on any atom is -0.297 e. The maximum Gasteiger partial charge on any atom is 0.158 e. The summed E-state index contributed by atoms with van der Waals surface area (Å²) in [5.41, 5.74) is 0.428. The van der Waals surface area contributed by atoms with Gasteiger partial charge in [0, 0.05) is 12.0 Å². The standard InChI is InChI=1S/C13H11ClFNO/c14-13(6-2-1-3-12(13)17)10-5-4-9(8-16)7-11(10)15/h4-5,7H,1-3,6H2. The Morgan fingerprint density at radius 2 is 2.18 bits per heavy atom. The van der Waals surface area contributed by atoms with Crippen molar-refractivity contribution in [3.05, 3.63) is 35.1 Å². The van der Waals surface area contributed by atoms with Gasteiger partial charge in [-0.05, 0) is 25.0 Å². The van der Waals surface area contributed by atoms with Gasteiger partial charge in [-0.3, -0.25) is 4.79 Å². The van der Waals surface area contributed by atoms with Crippen LogP contribution in [-0.4, -0.2) is 5.78 Å². The number of halogens is 2. The number of benzene rings is 1. The second-order valence-corrected chi connectivity index (χ2v) is 4.88. The Morgan fingerprint density at radius 3 is 2.76 bits per heavy atom. The predicted molar refractivity (Wildman–Crippen MR) is 62.1 cm³/mol. The summed E-state index contributed by atoms with van der Waals surface area (Å²) < 4.78 is 13.9. The third-order valence-electron chi connectivity index (χ3n) is 3.14. The van der Waals surface area contributed by atoms with Gasteiger partial charge in [-0.2, -0.15) is 5.26 Å².